The van der Waals surface area contributed by atoms with Crippen molar-refractivity contribution in [3.63, 3.8) is 0 Å². The van der Waals surface area contributed by atoms with E-state index in [0.717, 1.165) is 18.9 Å². The molecule has 1 fully saturated rings. The zero-order valence-electron chi connectivity index (χ0n) is 11.9. The molecule has 0 aliphatic heterocycles. The van der Waals surface area contributed by atoms with E-state index in [1.807, 2.05) is 0 Å². The Morgan fingerprint density at radius 3 is 3.00 bits per heavy atom. The fourth-order valence-electron chi connectivity index (χ4n) is 2.94. The van der Waals surface area contributed by atoms with Crippen molar-refractivity contribution >= 4 is 0 Å². The molecule has 4 nitrogen and oxygen atoms in total. The molecule has 1 aliphatic carbocycles. The van der Waals surface area contributed by atoms with Gasteiger partial charge in [-0.1, -0.05) is 20.3 Å². The largest absolute Gasteiger partial charge is 0.317 e. The highest BCUT2D eigenvalue weighted by Gasteiger charge is 2.22. The lowest BCUT2D eigenvalue weighted by atomic mass is 9.83. The third kappa shape index (κ3) is 3.55. The number of rotatable bonds is 5. The van der Waals surface area contributed by atoms with Crippen molar-refractivity contribution in [3.8, 4) is 0 Å². The molecule has 2 rings (SSSR count). The van der Waals surface area contributed by atoms with E-state index < -0.39 is 0 Å². The molecule has 1 heterocycles. The Morgan fingerprint density at radius 1 is 1.44 bits per heavy atom. The molecule has 4 heteroatoms. The van der Waals surface area contributed by atoms with Crippen molar-refractivity contribution < 1.29 is 0 Å². The van der Waals surface area contributed by atoms with Gasteiger partial charge in [-0.3, -0.25) is 0 Å². The second-order valence-electron chi connectivity index (χ2n) is 5.97. The van der Waals surface area contributed by atoms with E-state index in [0.29, 0.717) is 12.0 Å². The zero-order valence-corrected chi connectivity index (χ0v) is 11.9. The average molecular weight is 250 g/mol. The first-order valence-electron chi connectivity index (χ1n) is 7.23. The van der Waals surface area contributed by atoms with Crippen LogP contribution in [0, 0.1) is 11.8 Å². The van der Waals surface area contributed by atoms with Gasteiger partial charge in [0.1, 0.15) is 12.2 Å². The second-order valence-corrected chi connectivity index (χ2v) is 5.97. The molecule has 0 bridgehead atoms. The van der Waals surface area contributed by atoms with Gasteiger partial charge in [0.15, 0.2) is 0 Å². The van der Waals surface area contributed by atoms with Crippen LogP contribution in [0.3, 0.4) is 0 Å². The lowest BCUT2D eigenvalue weighted by Crippen LogP contribution is -2.32. The fraction of sp³-hybridized carbons (Fsp3) is 0.857. The minimum atomic E-state index is 0.627. The molecule has 1 aromatic heterocycles. The van der Waals surface area contributed by atoms with Crippen LogP contribution in [0.1, 0.15) is 45.4 Å². The van der Waals surface area contributed by atoms with Gasteiger partial charge in [0.2, 0.25) is 0 Å². The highest BCUT2D eigenvalue weighted by Crippen LogP contribution is 2.26. The molecule has 2 unspecified atom stereocenters. The van der Waals surface area contributed by atoms with Crippen LogP contribution < -0.4 is 5.32 Å². The van der Waals surface area contributed by atoms with Crippen LogP contribution in [0.2, 0.25) is 0 Å². The summed E-state index contributed by atoms with van der Waals surface area (Å²) in [7, 11) is 2.08. The molecular formula is C14H26N4. The molecule has 102 valence electrons. The van der Waals surface area contributed by atoms with E-state index in [4.69, 9.17) is 0 Å². The SMILES string of the molecule is CNC1CCCC(Cc2ncnn2CC(C)C)C1. The summed E-state index contributed by atoms with van der Waals surface area (Å²) in [5, 5.41) is 7.77. The molecule has 1 aromatic rings. The van der Waals surface area contributed by atoms with E-state index in [9.17, 15) is 0 Å². The lowest BCUT2D eigenvalue weighted by Gasteiger charge is -2.28. The Bertz CT molecular complexity index is 358. The standard InChI is InChI=1S/C14H26N4/c1-11(2)9-18-14(16-10-17-18)8-12-5-4-6-13(7-12)15-3/h10-13,15H,4-9H2,1-3H3. The predicted molar refractivity (Wildman–Crippen MR) is 73.4 cm³/mol. The summed E-state index contributed by atoms with van der Waals surface area (Å²) in [5.74, 6) is 2.57. The van der Waals surface area contributed by atoms with Crippen LogP contribution in [0.15, 0.2) is 6.33 Å². The van der Waals surface area contributed by atoms with Crippen LogP contribution >= 0.6 is 0 Å². The first kappa shape index (κ1) is 13.5. The first-order chi connectivity index (χ1) is 8.69. The maximum Gasteiger partial charge on any atom is 0.138 e. The first-order valence-corrected chi connectivity index (χ1v) is 7.23. The number of nitrogens with one attached hydrogen (secondary N) is 1. The van der Waals surface area contributed by atoms with Crippen molar-refractivity contribution in [2.75, 3.05) is 7.05 Å². The Morgan fingerprint density at radius 2 is 2.28 bits per heavy atom. The molecule has 0 aromatic carbocycles. The van der Waals surface area contributed by atoms with Crippen molar-refractivity contribution in [2.24, 2.45) is 11.8 Å². The summed E-state index contributed by atoms with van der Waals surface area (Å²) in [6.45, 7) is 5.43. The van der Waals surface area contributed by atoms with Gasteiger partial charge in [0, 0.05) is 19.0 Å². The van der Waals surface area contributed by atoms with Gasteiger partial charge < -0.3 is 5.32 Å². The second kappa shape index (κ2) is 6.32. The molecule has 1 N–H and O–H groups in total. The smallest absolute Gasteiger partial charge is 0.138 e. The van der Waals surface area contributed by atoms with E-state index >= 15 is 0 Å². The Hall–Kier alpha value is -0.900. The van der Waals surface area contributed by atoms with Gasteiger partial charge in [0.05, 0.1) is 0 Å². The molecule has 2 atom stereocenters. The van der Waals surface area contributed by atoms with Crippen LogP contribution in [-0.2, 0) is 13.0 Å². The Labute approximate surface area is 110 Å². The van der Waals surface area contributed by atoms with Gasteiger partial charge in [0.25, 0.3) is 0 Å². The van der Waals surface area contributed by atoms with Gasteiger partial charge in [-0.05, 0) is 38.1 Å². The normalized spacial score (nSPS) is 24.7. The van der Waals surface area contributed by atoms with Crippen LogP contribution in [-0.4, -0.2) is 27.9 Å². The third-order valence-electron chi connectivity index (χ3n) is 3.90. The number of aromatic nitrogens is 3. The van der Waals surface area contributed by atoms with E-state index in [1.165, 1.54) is 31.5 Å². The summed E-state index contributed by atoms with van der Waals surface area (Å²) in [6, 6.07) is 0.699. The zero-order chi connectivity index (χ0) is 13.0. The Kier molecular flexibility index (Phi) is 4.75. The monoisotopic (exact) mass is 250 g/mol. The maximum absolute atomic E-state index is 4.45. The van der Waals surface area contributed by atoms with Crippen molar-refractivity contribution in [1.82, 2.24) is 20.1 Å². The average Bonchev–Trinajstić information content (AvgIpc) is 2.76. The molecule has 18 heavy (non-hydrogen) atoms. The Balaban J connectivity index is 1.94. The van der Waals surface area contributed by atoms with Crippen molar-refractivity contribution in [3.05, 3.63) is 12.2 Å². The summed E-state index contributed by atoms with van der Waals surface area (Å²) in [5.41, 5.74) is 0. The van der Waals surface area contributed by atoms with Gasteiger partial charge in [-0.25, -0.2) is 9.67 Å². The molecule has 0 saturated heterocycles. The maximum atomic E-state index is 4.45. The van der Waals surface area contributed by atoms with Gasteiger partial charge >= 0.3 is 0 Å². The molecule has 0 spiro atoms. The van der Waals surface area contributed by atoms with E-state index in [2.05, 4.69) is 41.0 Å². The molecule has 1 saturated carbocycles. The lowest BCUT2D eigenvalue weighted by molar-refractivity contribution is 0.286. The minimum Gasteiger partial charge on any atom is -0.317 e. The van der Waals surface area contributed by atoms with E-state index in [-0.39, 0.29) is 0 Å². The topological polar surface area (TPSA) is 42.7 Å². The summed E-state index contributed by atoms with van der Waals surface area (Å²) < 4.78 is 2.09. The van der Waals surface area contributed by atoms with Gasteiger partial charge in [-0.2, -0.15) is 5.10 Å². The van der Waals surface area contributed by atoms with E-state index in [1.54, 1.807) is 6.33 Å². The van der Waals surface area contributed by atoms with Crippen molar-refractivity contribution in [2.45, 2.75) is 58.5 Å². The highest BCUT2D eigenvalue weighted by atomic mass is 15.3. The number of hydrogen-bond donors (Lipinski definition) is 1. The van der Waals surface area contributed by atoms with Crippen molar-refractivity contribution in [1.29, 1.82) is 0 Å². The fourth-order valence-corrected chi connectivity index (χ4v) is 2.94. The number of hydrogen-bond acceptors (Lipinski definition) is 3. The number of nitrogens with zero attached hydrogens (tertiary/aromatic N) is 3. The minimum absolute atomic E-state index is 0.627. The molecular weight excluding hydrogens is 224 g/mol. The van der Waals surface area contributed by atoms with Gasteiger partial charge in [-0.15, -0.1) is 0 Å². The predicted octanol–water partition coefficient (Wildman–Crippen LogP) is 2.25. The molecule has 0 amide bonds. The summed E-state index contributed by atoms with van der Waals surface area (Å²) in [4.78, 5) is 4.45. The highest BCUT2D eigenvalue weighted by molar-refractivity contribution is 4.90. The van der Waals surface area contributed by atoms with Crippen LogP contribution in [0.25, 0.3) is 0 Å². The van der Waals surface area contributed by atoms with Crippen LogP contribution in [0.4, 0.5) is 0 Å². The molecule has 0 radical (unpaired) electrons. The quantitative estimate of drug-likeness (QED) is 0.871. The summed E-state index contributed by atoms with van der Waals surface area (Å²) >= 11 is 0. The molecule has 1 aliphatic rings. The van der Waals surface area contributed by atoms with Crippen LogP contribution in [0.5, 0.6) is 0 Å². The summed E-state index contributed by atoms with van der Waals surface area (Å²) in [6.07, 6.45) is 8.08. The third-order valence-corrected chi connectivity index (χ3v) is 3.90.